The minimum absolute atomic E-state index is 0.00607. The zero-order valence-corrected chi connectivity index (χ0v) is 24.3. The number of nitrogens with one attached hydrogen (secondary N) is 1. The van der Waals surface area contributed by atoms with Gasteiger partial charge < -0.3 is 15.0 Å². The van der Waals surface area contributed by atoms with Gasteiger partial charge in [-0.2, -0.15) is 0 Å². The van der Waals surface area contributed by atoms with Gasteiger partial charge in [0.15, 0.2) is 0 Å². The maximum atomic E-state index is 14.0. The van der Waals surface area contributed by atoms with Gasteiger partial charge in [0.2, 0.25) is 21.8 Å². The van der Waals surface area contributed by atoms with Crippen molar-refractivity contribution in [3.8, 4) is 5.75 Å². The molecule has 0 aliphatic rings. The van der Waals surface area contributed by atoms with E-state index in [1.807, 2.05) is 30.3 Å². The average molecular weight is 593 g/mol. The first kappa shape index (κ1) is 30.3. The Kier molecular flexibility index (Phi) is 10.6. The molecule has 1 N–H and O–H groups in total. The van der Waals surface area contributed by atoms with Crippen molar-refractivity contribution in [2.75, 3.05) is 30.8 Å². The molecule has 0 radical (unpaired) electrons. The van der Waals surface area contributed by atoms with Crippen LogP contribution in [0, 0.1) is 0 Å². The molecule has 39 heavy (non-hydrogen) atoms. The van der Waals surface area contributed by atoms with Gasteiger partial charge in [-0.1, -0.05) is 71.7 Å². The monoisotopic (exact) mass is 591 g/mol. The fourth-order valence-corrected chi connectivity index (χ4v) is 5.29. The molecule has 0 unspecified atom stereocenters. The number of hydrogen-bond donors (Lipinski definition) is 1. The molecule has 0 fully saturated rings. The molecule has 0 saturated heterocycles. The van der Waals surface area contributed by atoms with Gasteiger partial charge in [-0.05, 0) is 42.3 Å². The van der Waals surface area contributed by atoms with Crippen molar-refractivity contribution in [3.63, 3.8) is 0 Å². The van der Waals surface area contributed by atoms with Crippen LogP contribution in [0.15, 0.2) is 72.8 Å². The second-order valence-corrected chi connectivity index (χ2v) is 11.5. The van der Waals surface area contributed by atoms with Gasteiger partial charge in [0.1, 0.15) is 18.3 Å². The van der Waals surface area contributed by atoms with E-state index in [2.05, 4.69) is 5.32 Å². The Bertz CT molecular complexity index is 1400. The fourth-order valence-electron chi connectivity index (χ4n) is 4.11. The minimum atomic E-state index is -3.91. The van der Waals surface area contributed by atoms with E-state index in [0.717, 1.165) is 16.1 Å². The van der Waals surface area contributed by atoms with Gasteiger partial charge in [-0.25, -0.2) is 8.42 Å². The Morgan fingerprint density at radius 2 is 1.62 bits per heavy atom. The number of ether oxygens (including phenoxy) is 1. The van der Waals surface area contributed by atoms with Crippen molar-refractivity contribution in [3.05, 3.63) is 94.0 Å². The first-order chi connectivity index (χ1) is 18.5. The number of para-hydroxylation sites is 2. The van der Waals surface area contributed by atoms with Gasteiger partial charge in [-0.15, -0.1) is 0 Å². The van der Waals surface area contributed by atoms with Gasteiger partial charge in [0, 0.05) is 19.5 Å². The van der Waals surface area contributed by atoms with Crippen molar-refractivity contribution < 1.29 is 22.7 Å². The molecule has 3 rings (SSSR count). The second-order valence-electron chi connectivity index (χ2n) is 8.81. The molecule has 0 heterocycles. The highest BCUT2D eigenvalue weighted by molar-refractivity contribution is 7.92. The largest absolute Gasteiger partial charge is 0.495 e. The van der Waals surface area contributed by atoms with Crippen LogP contribution in [0.25, 0.3) is 0 Å². The van der Waals surface area contributed by atoms with Crippen LogP contribution < -0.4 is 14.4 Å². The van der Waals surface area contributed by atoms with Crippen molar-refractivity contribution in [2.24, 2.45) is 0 Å². The molecule has 2 amide bonds. The summed E-state index contributed by atoms with van der Waals surface area (Å²) in [5, 5.41) is 3.46. The Hall–Kier alpha value is -3.27. The molecular weight excluding hydrogens is 561 g/mol. The number of amides is 2. The smallest absolute Gasteiger partial charge is 0.244 e. The van der Waals surface area contributed by atoms with Crippen LogP contribution in [0.1, 0.15) is 18.1 Å². The standard InChI is InChI=1S/C28H31Cl2N3O5S/c1-4-31-28(35)25(17-20-10-6-5-7-11-20)32(18-21-14-15-22(29)23(30)16-21)27(34)19-33(39(3,36)37)24-12-8-9-13-26(24)38-2/h5-16,25H,4,17-19H2,1-3H3,(H,31,35)/t25-/m1/s1. The van der Waals surface area contributed by atoms with Crippen LogP contribution in [0.5, 0.6) is 5.75 Å². The zero-order valence-electron chi connectivity index (χ0n) is 21.9. The average Bonchev–Trinajstić information content (AvgIpc) is 2.91. The molecule has 0 aromatic heterocycles. The first-order valence-electron chi connectivity index (χ1n) is 12.2. The highest BCUT2D eigenvalue weighted by Crippen LogP contribution is 2.30. The first-order valence-corrected chi connectivity index (χ1v) is 14.8. The summed E-state index contributed by atoms with van der Waals surface area (Å²) in [6.45, 7) is 1.59. The van der Waals surface area contributed by atoms with E-state index in [1.54, 1.807) is 49.4 Å². The van der Waals surface area contributed by atoms with E-state index >= 15 is 0 Å². The molecule has 8 nitrogen and oxygen atoms in total. The highest BCUT2D eigenvalue weighted by atomic mass is 35.5. The number of carbonyl (C=O) groups excluding carboxylic acids is 2. The van der Waals surface area contributed by atoms with Gasteiger partial charge >= 0.3 is 0 Å². The molecule has 0 bridgehead atoms. The summed E-state index contributed by atoms with van der Waals surface area (Å²) in [5.41, 5.74) is 1.68. The maximum Gasteiger partial charge on any atom is 0.244 e. The molecule has 11 heteroatoms. The number of rotatable bonds is 12. The van der Waals surface area contributed by atoms with Crippen LogP contribution in [-0.4, -0.2) is 57.6 Å². The van der Waals surface area contributed by atoms with E-state index < -0.39 is 28.5 Å². The van der Waals surface area contributed by atoms with Crippen LogP contribution in [-0.2, 0) is 32.6 Å². The predicted molar refractivity (Wildman–Crippen MR) is 155 cm³/mol. The number of methoxy groups -OCH3 is 1. The molecule has 1 atom stereocenters. The van der Waals surface area contributed by atoms with Gasteiger partial charge in [-0.3, -0.25) is 13.9 Å². The summed E-state index contributed by atoms with van der Waals surface area (Å²) in [6, 6.07) is 19.8. The summed E-state index contributed by atoms with van der Waals surface area (Å²) in [5.74, 6) is -0.654. The normalized spacial score (nSPS) is 11.9. The predicted octanol–water partition coefficient (Wildman–Crippen LogP) is 4.54. The van der Waals surface area contributed by atoms with Crippen molar-refractivity contribution in [2.45, 2.75) is 25.9 Å². The molecule has 0 spiro atoms. The quantitative estimate of drug-likeness (QED) is 0.333. The number of likely N-dealkylation sites (N-methyl/N-ethyl adjacent to an activating group) is 1. The lowest BCUT2D eigenvalue weighted by molar-refractivity contribution is -0.140. The van der Waals surface area contributed by atoms with Crippen LogP contribution in [0.4, 0.5) is 5.69 Å². The number of anilines is 1. The number of nitrogens with zero attached hydrogens (tertiary/aromatic N) is 2. The van der Waals surface area contributed by atoms with Crippen molar-refractivity contribution >= 4 is 50.7 Å². The summed E-state index contributed by atoms with van der Waals surface area (Å²) in [7, 11) is -2.49. The van der Waals surface area contributed by atoms with E-state index in [9.17, 15) is 18.0 Å². The summed E-state index contributed by atoms with van der Waals surface area (Å²) in [4.78, 5) is 28.7. The molecule has 3 aromatic carbocycles. The highest BCUT2D eigenvalue weighted by Gasteiger charge is 2.33. The fraction of sp³-hybridized carbons (Fsp3) is 0.286. The minimum Gasteiger partial charge on any atom is -0.495 e. The molecule has 3 aromatic rings. The van der Waals surface area contributed by atoms with Crippen molar-refractivity contribution in [1.82, 2.24) is 10.2 Å². The molecular formula is C28H31Cl2N3O5S. The van der Waals surface area contributed by atoms with Crippen LogP contribution >= 0.6 is 23.2 Å². The Morgan fingerprint density at radius 1 is 0.949 bits per heavy atom. The van der Waals surface area contributed by atoms with Crippen LogP contribution in [0.3, 0.4) is 0 Å². The molecule has 0 saturated carbocycles. The van der Waals surface area contributed by atoms with E-state index in [4.69, 9.17) is 27.9 Å². The number of carbonyl (C=O) groups is 2. The Labute approximate surface area is 239 Å². The Balaban J connectivity index is 2.08. The van der Waals surface area contributed by atoms with Crippen LogP contribution in [0.2, 0.25) is 10.0 Å². The van der Waals surface area contributed by atoms with E-state index in [0.29, 0.717) is 22.2 Å². The molecule has 0 aliphatic carbocycles. The summed E-state index contributed by atoms with van der Waals surface area (Å²) >= 11 is 12.3. The lowest BCUT2D eigenvalue weighted by Crippen LogP contribution is -2.53. The van der Waals surface area contributed by atoms with E-state index in [-0.39, 0.29) is 30.3 Å². The molecule has 208 valence electrons. The SMILES string of the molecule is CCNC(=O)[C@@H](Cc1ccccc1)N(Cc1ccc(Cl)c(Cl)c1)C(=O)CN(c1ccccc1OC)S(C)(=O)=O. The lowest BCUT2D eigenvalue weighted by atomic mass is 10.0. The van der Waals surface area contributed by atoms with Gasteiger partial charge in [0.25, 0.3) is 0 Å². The molecule has 0 aliphatic heterocycles. The Morgan fingerprint density at radius 3 is 2.23 bits per heavy atom. The topological polar surface area (TPSA) is 96.0 Å². The number of sulfonamides is 1. The summed E-state index contributed by atoms with van der Waals surface area (Å²) < 4.78 is 32.1. The number of hydrogen-bond acceptors (Lipinski definition) is 5. The van der Waals surface area contributed by atoms with Crippen molar-refractivity contribution in [1.29, 1.82) is 0 Å². The van der Waals surface area contributed by atoms with E-state index in [1.165, 1.54) is 12.0 Å². The maximum absolute atomic E-state index is 14.0. The third-order valence-electron chi connectivity index (χ3n) is 5.99. The zero-order chi connectivity index (χ0) is 28.6. The second kappa shape index (κ2) is 13.7. The third-order valence-corrected chi connectivity index (χ3v) is 7.86. The lowest BCUT2D eigenvalue weighted by Gasteiger charge is -2.33. The number of benzene rings is 3. The number of halogens is 2. The van der Waals surface area contributed by atoms with Gasteiger partial charge in [0.05, 0.1) is 29.1 Å². The summed E-state index contributed by atoms with van der Waals surface area (Å²) in [6.07, 6.45) is 1.23. The third kappa shape index (κ3) is 8.11.